The fraction of sp³-hybridized carbons (Fsp3) is 0.542. The van der Waals surface area contributed by atoms with Gasteiger partial charge in [-0.3, -0.25) is 0 Å². The number of nitrogens with zero attached hydrogens (tertiary/aromatic N) is 5. The van der Waals surface area contributed by atoms with Gasteiger partial charge in [0.05, 0.1) is 23.3 Å². The van der Waals surface area contributed by atoms with Crippen LogP contribution in [-0.4, -0.2) is 52.1 Å². The molecule has 1 aliphatic carbocycles. The molecule has 0 amide bonds. The Morgan fingerprint density at radius 2 is 1.88 bits per heavy atom. The molecule has 2 fully saturated rings. The second-order valence-electron chi connectivity index (χ2n) is 9.94. The van der Waals surface area contributed by atoms with Gasteiger partial charge in [-0.25, -0.2) is 23.4 Å². The van der Waals surface area contributed by atoms with E-state index in [1.807, 2.05) is 6.07 Å². The van der Waals surface area contributed by atoms with Crippen molar-refractivity contribution in [3.63, 3.8) is 0 Å². The molecule has 2 aromatic heterocycles. The Morgan fingerprint density at radius 1 is 1.12 bits per heavy atom. The number of hydrogen-bond acceptors (Lipinski definition) is 6. The van der Waals surface area contributed by atoms with Gasteiger partial charge in [-0.15, -0.1) is 0 Å². The highest BCUT2D eigenvalue weighted by atomic mass is 35.5. The first-order valence-electron chi connectivity index (χ1n) is 11.7. The molecule has 174 valence electrons. The van der Waals surface area contributed by atoms with E-state index in [9.17, 15) is 8.42 Å². The minimum absolute atomic E-state index is 0.0837. The van der Waals surface area contributed by atoms with Gasteiger partial charge in [0.1, 0.15) is 11.5 Å². The quantitative estimate of drug-likeness (QED) is 0.616. The van der Waals surface area contributed by atoms with Gasteiger partial charge < -0.3 is 4.90 Å². The number of aromatic nitrogens is 3. The second kappa shape index (κ2) is 7.75. The van der Waals surface area contributed by atoms with E-state index in [0.717, 1.165) is 73.4 Å². The van der Waals surface area contributed by atoms with Crippen molar-refractivity contribution in [2.24, 2.45) is 0 Å². The largest absolute Gasteiger partial charge is 0.363 e. The fourth-order valence-corrected chi connectivity index (χ4v) is 8.20. The Morgan fingerprint density at radius 3 is 2.61 bits per heavy atom. The molecule has 2 unspecified atom stereocenters. The third-order valence-electron chi connectivity index (χ3n) is 7.84. The van der Waals surface area contributed by atoms with E-state index >= 15 is 0 Å². The lowest BCUT2D eigenvalue weighted by Crippen LogP contribution is -2.46. The molecule has 5 heterocycles. The van der Waals surface area contributed by atoms with E-state index in [4.69, 9.17) is 16.6 Å². The van der Waals surface area contributed by atoms with Crippen molar-refractivity contribution < 1.29 is 8.42 Å². The summed E-state index contributed by atoms with van der Waals surface area (Å²) in [5.74, 6) is 0.263. The minimum atomic E-state index is -3.18. The number of pyridine rings is 1. The van der Waals surface area contributed by atoms with E-state index in [1.54, 1.807) is 10.6 Å². The lowest BCUT2D eigenvalue weighted by Gasteiger charge is -2.40. The van der Waals surface area contributed by atoms with Crippen molar-refractivity contribution in [1.82, 2.24) is 19.3 Å². The maximum atomic E-state index is 12.4. The van der Waals surface area contributed by atoms with Crippen molar-refractivity contribution in [1.29, 1.82) is 0 Å². The topological polar surface area (TPSA) is 79.3 Å². The summed E-state index contributed by atoms with van der Waals surface area (Å²) in [5, 5.41) is 0.528. The normalized spacial score (nSPS) is 28.8. The fourth-order valence-electron chi connectivity index (χ4n) is 6.53. The van der Waals surface area contributed by atoms with Gasteiger partial charge in [-0.2, -0.15) is 4.31 Å². The summed E-state index contributed by atoms with van der Waals surface area (Å²) in [6.45, 7) is 2.96. The Bertz CT molecular complexity index is 1250. The Balaban J connectivity index is 1.35. The van der Waals surface area contributed by atoms with Crippen LogP contribution >= 0.6 is 11.6 Å². The minimum Gasteiger partial charge on any atom is -0.363 e. The summed E-state index contributed by atoms with van der Waals surface area (Å²) in [5.41, 5.74) is 6.75. The van der Waals surface area contributed by atoms with Crippen molar-refractivity contribution in [3.05, 3.63) is 51.8 Å². The van der Waals surface area contributed by atoms with E-state index in [2.05, 4.69) is 33.9 Å². The Hall–Kier alpha value is -2.03. The number of anilines is 1. The summed E-state index contributed by atoms with van der Waals surface area (Å²) in [6.07, 6.45) is 12.6. The number of rotatable bonds is 3. The van der Waals surface area contributed by atoms with Crippen molar-refractivity contribution in [2.45, 2.75) is 76.0 Å². The average molecular weight is 486 g/mol. The SMILES string of the molecule is C[C@@H]1Cc2ncnc(C3CC4CC[C@@H](C3)N4S(C)(=O)=O)c2CN1c1cc(Cl)nc2c1C=CC2. The maximum Gasteiger partial charge on any atom is 0.211 e. The maximum absolute atomic E-state index is 12.4. The standard InChI is InChI=1S/C24H28ClN5O2S/c1-14-8-21-19(12-29(14)22-11-23(25)28-20-5-3-4-18(20)22)24(27-13-26-21)15-9-16-6-7-17(10-15)30(16)33(2,31)32/h3-4,11,13-17H,5-10,12H2,1-2H3/t14-,15?,16+,17?/m1/s1. The van der Waals surface area contributed by atoms with Gasteiger partial charge in [0, 0.05) is 60.2 Å². The van der Waals surface area contributed by atoms with Crippen LogP contribution < -0.4 is 4.90 Å². The molecular formula is C24H28ClN5O2S. The van der Waals surface area contributed by atoms with Crippen LogP contribution in [0, 0.1) is 0 Å². The zero-order valence-corrected chi connectivity index (χ0v) is 20.5. The molecule has 9 heteroatoms. The summed E-state index contributed by atoms with van der Waals surface area (Å²) in [4.78, 5) is 16.4. The van der Waals surface area contributed by atoms with Crippen LogP contribution in [0.3, 0.4) is 0 Å². The smallest absolute Gasteiger partial charge is 0.211 e. The highest BCUT2D eigenvalue weighted by molar-refractivity contribution is 7.88. The van der Waals surface area contributed by atoms with E-state index in [-0.39, 0.29) is 24.0 Å². The lowest BCUT2D eigenvalue weighted by atomic mass is 9.85. The molecule has 2 saturated heterocycles. The van der Waals surface area contributed by atoms with Gasteiger partial charge in [0.2, 0.25) is 10.0 Å². The molecule has 33 heavy (non-hydrogen) atoms. The third-order valence-corrected chi connectivity index (χ3v) is 9.40. The summed E-state index contributed by atoms with van der Waals surface area (Å²) >= 11 is 6.39. The van der Waals surface area contributed by atoms with Gasteiger partial charge >= 0.3 is 0 Å². The molecular weight excluding hydrogens is 458 g/mol. The van der Waals surface area contributed by atoms with E-state index in [0.29, 0.717) is 5.15 Å². The van der Waals surface area contributed by atoms with Crippen LogP contribution in [0.4, 0.5) is 5.69 Å². The summed E-state index contributed by atoms with van der Waals surface area (Å²) in [6, 6.07) is 2.42. The molecule has 2 bridgehead atoms. The molecule has 7 nitrogen and oxygen atoms in total. The molecule has 3 aliphatic heterocycles. The van der Waals surface area contributed by atoms with Crippen molar-refractivity contribution in [2.75, 3.05) is 11.2 Å². The highest BCUT2D eigenvalue weighted by Crippen LogP contribution is 2.45. The predicted molar refractivity (Wildman–Crippen MR) is 129 cm³/mol. The van der Waals surface area contributed by atoms with Crippen molar-refractivity contribution in [3.8, 4) is 0 Å². The van der Waals surface area contributed by atoms with Crippen LogP contribution in [0.15, 0.2) is 18.5 Å². The Labute approximate surface area is 199 Å². The highest BCUT2D eigenvalue weighted by Gasteiger charge is 2.46. The van der Waals surface area contributed by atoms with E-state index < -0.39 is 10.0 Å². The van der Waals surface area contributed by atoms with Crippen LogP contribution in [0.5, 0.6) is 0 Å². The van der Waals surface area contributed by atoms with Gasteiger partial charge in [0.25, 0.3) is 0 Å². The monoisotopic (exact) mass is 485 g/mol. The Kier molecular flexibility index (Phi) is 5.05. The number of fused-ring (bicyclic) bond motifs is 4. The number of hydrogen-bond donors (Lipinski definition) is 0. The number of piperidine rings is 1. The zero-order valence-electron chi connectivity index (χ0n) is 18.9. The summed E-state index contributed by atoms with van der Waals surface area (Å²) < 4.78 is 26.5. The second-order valence-corrected chi connectivity index (χ2v) is 12.2. The molecule has 0 radical (unpaired) electrons. The number of allylic oxidation sites excluding steroid dienone is 1. The molecule has 2 aromatic rings. The molecule has 4 atom stereocenters. The van der Waals surface area contributed by atoms with Crippen LogP contribution in [0.25, 0.3) is 6.08 Å². The van der Waals surface area contributed by atoms with Crippen LogP contribution in [0.1, 0.15) is 66.7 Å². The third kappa shape index (κ3) is 3.58. The number of sulfonamides is 1. The first-order chi connectivity index (χ1) is 15.8. The van der Waals surface area contributed by atoms with Crippen molar-refractivity contribution >= 4 is 33.4 Å². The number of halogens is 1. The van der Waals surface area contributed by atoms with Gasteiger partial charge in [-0.05, 0) is 38.7 Å². The van der Waals surface area contributed by atoms with Crippen LogP contribution in [-0.2, 0) is 29.4 Å². The van der Waals surface area contributed by atoms with Gasteiger partial charge in [-0.1, -0.05) is 23.8 Å². The average Bonchev–Trinajstić information content (AvgIpc) is 3.34. The molecule has 6 rings (SSSR count). The zero-order chi connectivity index (χ0) is 22.9. The summed E-state index contributed by atoms with van der Waals surface area (Å²) in [7, 11) is -3.18. The van der Waals surface area contributed by atoms with E-state index in [1.165, 1.54) is 11.8 Å². The molecule has 0 aromatic carbocycles. The van der Waals surface area contributed by atoms with Gasteiger partial charge in [0.15, 0.2) is 0 Å². The van der Waals surface area contributed by atoms with Crippen LogP contribution in [0.2, 0.25) is 5.15 Å². The molecule has 0 spiro atoms. The molecule has 4 aliphatic rings. The molecule has 0 N–H and O–H groups in total. The first kappa shape index (κ1) is 21.5. The predicted octanol–water partition coefficient (Wildman–Crippen LogP) is 3.72. The lowest BCUT2D eigenvalue weighted by molar-refractivity contribution is 0.224. The molecule has 0 saturated carbocycles. The first-order valence-corrected chi connectivity index (χ1v) is 14.0.